The van der Waals surface area contributed by atoms with Crippen LogP contribution in [0.1, 0.15) is 69.9 Å². The molecule has 1 saturated carbocycles. The molecule has 1 amide bonds. The van der Waals surface area contributed by atoms with Gasteiger partial charge >= 0.3 is 0 Å². The Morgan fingerprint density at radius 1 is 1.05 bits per heavy atom. The van der Waals surface area contributed by atoms with Crippen LogP contribution in [0.5, 0.6) is 11.5 Å². The van der Waals surface area contributed by atoms with Crippen LogP contribution in [0, 0.1) is 6.92 Å². The van der Waals surface area contributed by atoms with E-state index in [1.54, 1.807) is 18.3 Å². The van der Waals surface area contributed by atoms with Gasteiger partial charge in [-0.1, -0.05) is 18.9 Å². The third-order valence-corrected chi connectivity index (χ3v) is 8.36. The number of ether oxygens (including phenoxy) is 1. The number of nitrogens with zero attached hydrogens (tertiary/aromatic N) is 4. The fourth-order valence-electron chi connectivity index (χ4n) is 5.90. The summed E-state index contributed by atoms with van der Waals surface area (Å²) in [5, 5.41) is 6.60. The summed E-state index contributed by atoms with van der Waals surface area (Å²) in [6.45, 7) is 8.27. The second-order valence-electron chi connectivity index (χ2n) is 11.5. The molecule has 8 nitrogen and oxygen atoms in total. The van der Waals surface area contributed by atoms with Crippen LogP contribution in [0.3, 0.4) is 0 Å². The number of anilines is 2. The normalized spacial score (nSPS) is 16.4. The maximum Gasteiger partial charge on any atom is 0.270 e. The van der Waals surface area contributed by atoms with E-state index in [0.717, 1.165) is 35.8 Å². The number of likely N-dealkylation sites (tertiary alicyclic amines) is 1. The van der Waals surface area contributed by atoms with Crippen LogP contribution in [-0.4, -0.2) is 50.5 Å². The van der Waals surface area contributed by atoms with Crippen LogP contribution in [0.25, 0.3) is 11.0 Å². The zero-order valence-corrected chi connectivity index (χ0v) is 23.8. The van der Waals surface area contributed by atoms with Crippen molar-refractivity contribution in [2.24, 2.45) is 7.05 Å². The molecule has 2 aliphatic rings. The van der Waals surface area contributed by atoms with Crippen molar-refractivity contribution in [1.29, 1.82) is 0 Å². The molecule has 0 spiro atoms. The minimum atomic E-state index is -0.179. The molecular formula is C32H42N6O2. The van der Waals surface area contributed by atoms with E-state index in [1.165, 1.54) is 36.8 Å². The van der Waals surface area contributed by atoms with Gasteiger partial charge in [-0.15, -0.1) is 0 Å². The first-order chi connectivity index (χ1) is 19.3. The first-order valence-corrected chi connectivity index (χ1v) is 14.4. The van der Waals surface area contributed by atoms with Crippen molar-refractivity contribution in [1.82, 2.24) is 24.8 Å². The van der Waals surface area contributed by atoms with Crippen molar-refractivity contribution in [3.8, 4) is 11.5 Å². The number of aromatic nitrogens is 3. The summed E-state index contributed by atoms with van der Waals surface area (Å²) < 4.78 is 8.19. The Labute approximate surface area is 238 Å². The van der Waals surface area contributed by atoms with Crippen molar-refractivity contribution >= 4 is 28.6 Å². The molecule has 40 heavy (non-hydrogen) atoms. The van der Waals surface area contributed by atoms with Crippen LogP contribution < -0.4 is 15.4 Å². The number of pyridine rings is 1. The van der Waals surface area contributed by atoms with Gasteiger partial charge in [-0.2, -0.15) is 0 Å². The van der Waals surface area contributed by atoms with Gasteiger partial charge in [0.05, 0.1) is 17.1 Å². The third kappa shape index (κ3) is 5.41. The van der Waals surface area contributed by atoms with Gasteiger partial charge in [0.1, 0.15) is 17.2 Å². The van der Waals surface area contributed by atoms with E-state index in [0.29, 0.717) is 29.2 Å². The minimum Gasteiger partial charge on any atom is -0.457 e. The van der Waals surface area contributed by atoms with Crippen molar-refractivity contribution < 1.29 is 12.4 Å². The van der Waals surface area contributed by atoms with Gasteiger partial charge in [0.2, 0.25) is 5.95 Å². The zero-order chi connectivity index (χ0) is 27.8. The molecule has 0 atom stereocenters. The number of carbonyl (C=O) groups excluding carboxylic acids is 1. The molecule has 0 unspecified atom stereocenters. The predicted molar refractivity (Wildman–Crippen MR) is 163 cm³/mol. The maximum absolute atomic E-state index is 12.7. The summed E-state index contributed by atoms with van der Waals surface area (Å²) in [5.41, 5.74) is 6.06. The number of imidazole rings is 1. The average molecular weight is 543 g/mol. The molecule has 4 aromatic rings. The Kier molecular flexibility index (Phi) is 7.19. The van der Waals surface area contributed by atoms with E-state index in [4.69, 9.17) is 9.72 Å². The van der Waals surface area contributed by atoms with E-state index in [9.17, 15) is 4.79 Å². The number of benzene rings is 2. The summed E-state index contributed by atoms with van der Waals surface area (Å²) in [6.07, 6.45) is 6.81. The predicted octanol–water partition coefficient (Wildman–Crippen LogP) is 6.78. The smallest absolute Gasteiger partial charge is 0.270 e. The van der Waals surface area contributed by atoms with Crippen LogP contribution in [0.2, 0.25) is 0 Å². The number of carbonyl (C=O) groups is 1. The van der Waals surface area contributed by atoms with Crippen molar-refractivity contribution in [2.75, 3.05) is 18.4 Å². The van der Waals surface area contributed by atoms with E-state index in [-0.39, 0.29) is 14.8 Å². The fourth-order valence-corrected chi connectivity index (χ4v) is 5.90. The molecule has 6 rings (SSSR count). The standard InChI is InChI=1S/C32H38N6O2.2H2/c1-20(2)38-18-24(19-38)34-31(39)29-17-26(13-14-33-29)40-25-11-12-30-28(16-25)36-32(37(30)4)35-23-10-9-21(3)27(15-23)22-7-5-6-8-22;;/h9-17,20,22,24H,5-8,18-19H2,1-4H3,(H,34,39)(H,35,36);2*1H. The zero-order valence-electron chi connectivity index (χ0n) is 23.8. The first-order valence-electron chi connectivity index (χ1n) is 14.4. The molecule has 1 aliphatic heterocycles. The molecule has 1 saturated heterocycles. The van der Waals surface area contributed by atoms with Crippen molar-refractivity contribution in [3.63, 3.8) is 0 Å². The Hall–Kier alpha value is -3.91. The first kappa shape index (κ1) is 26.3. The highest BCUT2D eigenvalue weighted by molar-refractivity contribution is 5.93. The van der Waals surface area contributed by atoms with Gasteiger partial charge in [-0.25, -0.2) is 4.98 Å². The highest BCUT2D eigenvalue weighted by Gasteiger charge is 2.30. The van der Waals surface area contributed by atoms with Gasteiger partial charge in [0.15, 0.2) is 0 Å². The Morgan fingerprint density at radius 2 is 1.82 bits per heavy atom. The lowest BCUT2D eigenvalue weighted by Gasteiger charge is -2.42. The molecule has 212 valence electrons. The third-order valence-electron chi connectivity index (χ3n) is 8.36. The summed E-state index contributed by atoms with van der Waals surface area (Å²) in [4.78, 5) is 24.2. The molecule has 2 N–H and O–H groups in total. The molecule has 8 heteroatoms. The van der Waals surface area contributed by atoms with Crippen LogP contribution in [0.15, 0.2) is 54.7 Å². The molecule has 2 aromatic heterocycles. The lowest BCUT2D eigenvalue weighted by Crippen LogP contribution is -2.61. The van der Waals surface area contributed by atoms with Gasteiger partial charge in [0.25, 0.3) is 5.91 Å². The molecular weight excluding hydrogens is 500 g/mol. The lowest BCUT2D eigenvalue weighted by atomic mass is 9.93. The average Bonchev–Trinajstić information content (AvgIpc) is 3.55. The fraction of sp³-hybridized carbons (Fsp3) is 0.406. The Morgan fingerprint density at radius 3 is 2.60 bits per heavy atom. The largest absolute Gasteiger partial charge is 0.457 e. The number of rotatable bonds is 8. The quantitative estimate of drug-likeness (QED) is 0.255. The molecule has 2 fully saturated rings. The van der Waals surface area contributed by atoms with Gasteiger partial charge in [-0.05, 0) is 81.0 Å². The summed E-state index contributed by atoms with van der Waals surface area (Å²) in [7, 11) is 2.01. The Balaban J connectivity index is 0.00000202. The van der Waals surface area contributed by atoms with Gasteiger partial charge in [0, 0.05) is 53.0 Å². The highest BCUT2D eigenvalue weighted by Crippen LogP contribution is 2.37. The minimum absolute atomic E-state index is 0. The van der Waals surface area contributed by atoms with Crippen LogP contribution in [0.4, 0.5) is 11.6 Å². The monoisotopic (exact) mass is 542 g/mol. The van der Waals surface area contributed by atoms with Crippen LogP contribution in [-0.2, 0) is 7.05 Å². The van der Waals surface area contributed by atoms with E-state index < -0.39 is 0 Å². The number of hydrogen-bond acceptors (Lipinski definition) is 6. The number of amides is 1. The summed E-state index contributed by atoms with van der Waals surface area (Å²) in [5.74, 6) is 2.48. The molecule has 0 radical (unpaired) electrons. The van der Waals surface area contributed by atoms with E-state index in [1.807, 2.05) is 25.2 Å². The molecule has 2 aromatic carbocycles. The second kappa shape index (κ2) is 10.9. The molecule has 3 heterocycles. The van der Waals surface area contributed by atoms with Crippen molar-refractivity contribution in [3.05, 3.63) is 71.5 Å². The second-order valence-corrected chi connectivity index (χ2v) is 11.5. The van der Waals surface area contributed by atoms with E-state index >= 15 is 0 Å². The van der Waals surface area contributed by atoms with Gasteiger partial charge < -0.3 is 19.9 Å². The number of nitrogens with one attached hydrogen (secondary N) is 2. The maximum atomic E-state index is 12.7. The summed E-state index contributed by atoms with van der Waals surface area (Å²) in [6, 6.07) is 16.6. The molecule has 0 bridgehead atoms. The summed E-state index contributed by atoms with van der Waals surface area (Å²) >= 11 is 0. The topological polar surface area (TPSA) is 84.3 Å². The highest BCUT2D eigenvalue weighted by atomic mass is 16.5. The number of aryl methyl sites for hydroxylation is 2. The van der Waals surface area contributed by atoms with E-state index in [2.05, 4.69) is 64.1 Å². The Bertz CT molecular complexity index is 1540. The van der Waals surface area contributed by atoms with Gasteiger partial charge in [-0.3, -0.25) is 14.7 Å². The number of hydrogen-bond donors (Lipinski definition) is 2. The number of fused-ring (bicyclic) bond motifs is 1. The van der Waals surface area contributed by atoms with Crippen molar-refractivity contribution in [2.45, 2.75) is 64.5 Å². The molecule has 1 aliphatic carbocycles. The SMILES string of the molecule is Cc1ccc(Nc2nc3cc(Oc4ccnc(C(=O)NC5CN(C(C)C)C5)c4)ccc3n2C)cc1C1CCCC1.[HH].[HH]. The van der Waals surface area contributed by atoms with Crippen LogP contribution >= 0.6 is 0 Å². The lowest BCUT2D eigenvalue weighted by molar-refractivity contribution is 0.0710.